The maximum atomic E-state index is 12.2. The van der Waals surface area contributed by atoms with Crippen molar-refractivity contribution in [2.75, 3.05) is 5.32 Å². The number of thiophene rings is 1. The molecule has 3 rings (SSSR count). The smallest absolute Gasteiger partial charge is 0.238 e. The Bertz CT molecular complexity index is 520. The summed E-state index contributed by atoms with van der Waals surface area (Å²) >= 11 is 1.63. The molecule has 4 nitrogen and oxygen atoms in total. The van der Waals surface area contributed by atoms with Crippen LogP contribution < -0.4 is 5.32 Å². The summed E-state index contributed by atoms with van der Waals surface area (Å²) in [6.07, 6.45) is 5.05. The quantitative estimate of drug-likeness (QED) is 0.902. The molecule has 1 fully saturated rings. The van der Waals surface area contributed by atoms with Crippen LogP contribution >= 0.6 is 11.3 Å². The van der Waals surface area contributed by atoms with Gasteiger partial charge in [0.05, 0.1) is 5.41 Å². The standard InChI is InChI=1S/C12H11N3OS/c16-10(15-11-13-6-2-7-14-11)12(4-5-12)9-3-1-8-17-9/h1-3,6-8H,4-5H2,(H,13,14,15,16). The van der Waals surface area contributed by atoms with E-state index in [0.717, 1.165) is 17.7 Å². The van der Waals surface area contributed by atoms with Crippen LogP contribution in [0.2, 0.25) is 0 Å². The topological polar surface area (TPSA) is 54.9 Å². The Morgan fingerprint density at radius 2 is 2.06 bits per heavy atom. The van der Waals surface area contributed by atoms with Gasteiger partial charge in [0, 0.05) is 17.3 Å². The van der Waals surface area contributed by atoms with Gasteiger partial charge in [-0.15, -0.1) is 11.3 Å². The molecule has 0 spiro atoms. The second-order valence-electron chi connectivity index (χ2n) is 4.09. The predicted molar refractivity (Wildman–Crippen MR) is 65.9 cm³/mol. The number of carbonyl (C=O) groups excluding carboxylic acids is 1. The maximum absolute atomic E-state index is 12.2. The molecule has 2 aromatic rings. The zero-order valence-corrected chi connectivity index (χ0v) is 9.91. The summed E-state index contributed by atoms with van der Waals surface area (Å²) in [6.45, 7) is 0. The molecule has 17 heavy (non-hydrogen) atoms. The van der Waals surface area contributed by atoms with E-state index in [4.69, 9.17) is 0 Å². The van der Waals surface area contributed by atoms with Crippen LogP contribution in [0, 0.1) is 0 Å². The first-order chi connectivity index (χ1) is 8.31. The van der Waals surface area contributed by atoms with Gasteiger partial charge in [-0.3, -0.25) is 10.1 Å². The molecule has 1 saturated carbocycles. The highest BCUT2D eigenvalue weighted by atomic mass is 32.1. The van der Waals surface area contributed by atoms with E-state index in [-0.39, 0.29) is 11.3 Å². The van der Waals surface area contributed by atoms with Crippen molar-refractivity contribution >= 4 is 23.2 Å². The van der Waals surface area contributed by atoms with E-state index in [1.807, 2.05) is 17.5 Å². The van der Waals surface area contributed by atoms with Gasteiger partial charge in [-0.2, -0.15) is 0 Å². The SMILES string of the molecule is O=C(Nc1ncccn1)C1(c2cccs2)CC1. The minimum absolute atomic E-state index is 0.00569. The van der Waals surface area contributed by atoms with E-state index in [0.29, 0.717) is 5.95 Å². The lowest BCUT2D eigenvalue weighted by atomic mass is 10.0. The van der Waals surface area contributed by atoms with E-state index >= 15 is 0 Å². The Balaban J connectivity index is 1.80. The molecule has 0 unspecified atom stereocenters. The molecule has 1 amide bonds. The normalized spacial score (nSPS) is 16.5. The number of rotatable bonds is 3. The largest absolute Gasteiger partial charge is 0.294 e. The number of carbonyl (C=O) groups is 1. The number of anilines is 1. The highest BCUT2D eigenvalue weighted by Gasteiger charge is 2.52. The summed E-state index contributed by atoms with van der Waals surface area (Å²) in [4.78, 5) is 21.3. The summed E-state index contributed by atoms with van der Waals surface area (Å²) in [5.74, 6) is 0.381. The number of nitrogens with one attached hydrogen (secondary N) is 1. The molecule has 2 heterocycles. The second kappa shape index (κ2) is 3.92. The van der Waals surface area contributed by atoms with Gasteiger partial charge >= 0.3 is 0 Å². The van der Waals surface area contributed by atoms with E-state index in [9.17, 15) is 4.79 Å². The summed E-state index contributed by atoms with van der Waals surface area (Å²) in [6, 6.07) is 5.72. The van der Waals surface area contributed by atoms with E-state index in [1.165, 1.54) is 0 Å². The first kappa shape index (κ1) is 10.4. The molecule has 86 valence electrons. The Morgan fingerprint density at radius 3 is 2.65 bits per heavy atom. The first-order valence-corrected chi connectivity index (χ1v) is 6.32. The van der Waals surface area contributed by atoms with Crippen molar-refractivity contribution in [2.24, 2.45) is 0 Å². The van der Waals surface area contributed by atoms with Gasteiger partial charge < -0.3 is 0 Å². The maximum Gasteiger partial charge on any atom is 0.238 e. The number of amides is 1. The van der Waals surface area contributed by atoms with Crippen molar-refractivity contribution in [1.82, 2.24) is 9.97 Å². The highest BCUT2D eigenvalue weighted by Crippen LogP contribution is 2.50. The van der Waals surface area contributed by atoms with Crippen molar-refractivity contribution in [3.63, 3.8) is 0 Å². The molecule has 1 N–H and O–H groups in total. The van der Waals surface area contributed by atoms with Gasteiger partial charge in [-0.05, 0) is 30.4 Å². The molecule has 1 aliphatic carbocycles. The van der Waals surface area contributed by atoms with Crippen molar-refractivity contribution < 1.29 is 4.79 Å². The number of aromatic nitrogens is 2. The zero-order chi connectivity index (χ0) is 11.7. The average molecular weight is 245 g/mol. The fraction of sp³-hybridized carbons (Fsp3) is 0.250. The van der Waals surface area contributed by atoms with Crippen molar-refractivity contribution in [1.29, 1.82) is 0 Å². The minimum Gasteiger partial charge on any atom is -0.294 e. The molecule has 0 atom stereocenters. The summed E-state index contributed by atoms with van der Waals surface area (Å²) < 4.78 is 0. The Kier molecular flexibility index (Phi) is 2.40. The zero-order valence-electron chi connectivity index (χ0n) is 9.09. The van der Waals surface area contributed by atoms with Crippen molar-refractivity contribution in [3.05, 3.63) is 40.8 Å². The first-order valence-electron chi connectivity index (χ1n) is 5.44. The lowest BCUT2D eigenvalue weighted by molar-refractivity contribution is -0.118. The lowest BCUT2D eigenvalue weighted by Crippen LogP contribution is -2.27. The Hall–Kier alpha value is -1.75. The summed E-state index contributed by atoms with van der Waals surface area (Å²) in [7, 11) is 0. The molecule has 0 bridgehead atoms. The van der Waals surface area contributed by atoms with Crippen LogP contribution in [0.3, 0.4) is 0 Å². The molecule has 5 heteroatoms. The summed E-state index contributed by atoms with van der Waals surface area (Å²) in [5.41, 5.74) is -0.326. The van der Waals surface area contributed by atoms with E-state index in [1.54, 1.807) is 29.8 Å². The van der Waals surface area contributed by atoms with E-state index < -0.39 is 0 Å². The van der Waals surface area contributed by atoms with Gasteiger partial charge in [0.1, 0.15) is 0 Å². The van der Waals surface area contributed by atoms with Gasteiger partial charge in [-0.1, -0.05) is 6.07 Å². The van der Waals surface area contributed by atoms with Crippen molar-refractivity contribution in [3.8, 4) is 0 Å². The molecule has 0 aromatic carbocycles. The lowest BCUT2D eigenvalue weighted by Gasteiger charge is -2.12. The molecular weight excluding hydrogens is 234 g/mol. The monoisotopic (exact) mass is 245 g/mol. The van der Waals surface area contributed by atoms with Gasteiger partial charge in [-0.25, -0.2) is 9.97 Å². The highest BCUT2D eigenvalue weighted by molar-refractivity contribution is 7.10. The fourth-order valence-electron chi connectivity index (χ4n) is 1.85. The van der Waals surface area contributed by atoms with Crippen molar-refractivity contribution in [2.45, 2.75) is 18.3 Å². The number of hydrogen-bond acceptors (Lipinski definition) is 4. The van der Waals surface area contributed by atoms with Gasteiger partial charge in [0.15, 0.2) is 0 Å². The van der Waals surface area contributed by atoms with Gasteiger partial charge in [0.2, 0.25) is 11.9 Å². The molecule has 0 saturated heterocycles. The summed E-state index contributed by atoms with van der Waals surface area (Å²) in [5, 5.41) is 4.78. The predicted octanol–water partition coefficient (Wildman–Crippen LogP) is 2.21. The number of hydrogen-bond donors (Lipinski definition) is 1. The van der Waals surface area contributed by atoms with Crippen LogP contribution in [-0.4, -0.2) is 15.9 Å². The van der Waals surface area contributed by atoms with Gasteiger partial charge in [0.25, 0.3) is 0 Å². The fourth-order valence-corrected chi connectivity index (χ4v) is 2.83. The molecule has 2 aromatic heterocycles. The Morgan fingerprint density at radius 1 is 1.29 bits per heavy atom. The molecule has 0 radical (unpaired) electrons. The minimum atomic E-state index is -0.326. The Labute approximate surface area is 103 Å². The van der Waals surface area contributed by atoms with Crippen LogP contribution in [-0.2, 0) is 10.2 Å². The molecule has 1 aliphatic rings. The third-order valence-electron chi connectivity index (χ3n) is 2.97. The van der Waals surface area contributed by atoms with Crippen LogP contribution in [0.25, 0.3) is 0 Å². The third kappa shape index (κ3) is 1.82. The third-order valence-corrected chi connectivity index (χ3v) is 4.04. The van der Waals surface area contributed by atoms with Crippen LogP contribution in [0.5, 0.6) is 0 Å². The van der Waals surface area contributed by atoms with Crippen LogP contribution in [0.1, 0.15) is 17.7 Å². The molecular formula is C12H11N3OS. The van der Waals surface area contributed by atoms with Crippen LogP contribution in [0.15, 0.2) is 36.0 Å². The number of nitrogens with zero attached hydrogens (tertiary/aromatic N) is 2. The van der Waals surface area contributed by atoms with E-state index in [2.05, 4.69) is 15.3 Å². The molecule has 0 aliphatic heterocycles. The average Bonchev–Trinajstić information content (AvgIpc) is 2.99. The second-order valence-corrected chi connectivity index (χ2v) is 5.03. The van der Waals surface area contributed by atoms with Crippen LogP contribution in [0.4, 0.5) is 5.95 Å².